The number of likely N-dealkylation sites (N-methyl/N-ethyl adjacent to an activating group) is 1. The van der Waals surface area contributed by atoms with Crippen molar-refractivity contribution in [2.45, 2.75) is 83.8 Å². The summed E-state index contributed by atoms with van der Waals surface area (Å²) in [6.07, 6.45) is -4.44. The van der Waals surface area contributed by atoms with Gasteiger partial charge in [-0.3, -0.25) is 14.5 Å². The summed E-state index contributed by atoms with van der Waals surface area (Å²) in [7, 11) is 2.04. The number of carbonyl (C=O) groups excluding carboxylic acids is 2. The number of rotatable bonds is 9. The minimum atomic E-state index is -4.45. The van der Waals surface area contributed by atoms with E-state index in [4.69, 9.17) is 9.47 Å². The highest BCUT2D eigenvalue weighted by molar-refractivity contribution is 5.99. The zero-order valence-electron chi connectivity index (χ0n) is 26.1. The molecule has 2 amide bonds. The second kappa shape index (κ2) is 16.8. The molecular weight excluding hydrogens is 575 g/mol. The molecule has 0 saturated carbocycles. The fourth-order valence-electron chi connectivity index (χ4n) is 5.21. The van der Waals surface area contributed by atoms with Crippen LogP contribution in [-0.4, -0.2) is 84.5 Å². The number of amides is 2. The van der Waals surface area contributed by atoms with E-state index in [0.717, 1.165) is 25.8 Å². The van der Waals surface area contributed by atoms with Gasteiger partial charge in [0.15, 0.2) is 0 Å². The molecule has 244 valence electrons. The molecule has 0 aromatic heterocycles. The van der Waals surface area contributed by atoms with E-state index in [1.807, 2.05) is 39.1 Å². The zero-order chi connectivity index (χ0) is 32.3. The Kier molecular flexibility index (Phi) is 13.5. The summed E-state index contributed by atoms with van der Waals surface area (Å²) in [4.78, 5) is 30.2. The van der Waals surface area contributed by atoms with Crippen LogP contribution in [0.25, 0.3) is 0 Å². The first-order chi connectivity index (χ1) is 20.9. The Labute approximate surface area is 258 Å². The second-order valence-electron chi connectivity index (χ2n) is 11.9. The third kappa shape index (κ3) is 11.4. The van der Waals surface area contributed by atoms with E-state index in [0.29, 0.717) is 18.9 Å². The molecule has 3 rings (SSSR count). The van der Waals surface area contributed by atoms with Gasteiger partial charge in [-0.25, -0.2) is 0 Å². The second-order valence-corrected chi connectivity index (χ2v) is 11.9. The third-order valence-electron chi connectivity index (χ3n) is 7.76. The van der Waals surface area contributed by atoms with Gasteiger partial charge in [-0.2, -0.15) is 13.2 Å². The number of aliphatic hydroxyl groups is 1. The summed E-state index contributed by atoms with van der Waals surface area (Å²) in [5.74, 6) is -1.02. The molecule has 0 spiro atoms. The molecule has 0 aliphatic carbocycles. The molecule has 0 bridgehead atoms. The van der Waals surface area contributed by atoms with Crippen molar-refractivity contribution in [1.82, 2.24) is 9.80 Å². The number of ether oxygens (including phenoxy) is 2. The highest BCUT2D eigenvalue weighted by Crippen LogP contribution is 2.29. The van der Waals surface area contributed by atoms with Gasteiger partial charge in [-0.05, 0) is 63.9 Å². The first-order valence-corrected chi connectivity index (χ1v) is 15.3. The van der Waals surface area contributed by atoms with Crippen LogP contribution in [0.1, 0.15) is 68.8 Å². The lowest BCUT2D eigenvalue weighted by atomic mass is 10.0. The molecule has 0 unspecified atom stereocenters. The van der Waals surface area contributed by atoms with Gasteiger partial charge in [0.1, 0.15) is 5.75 Å². The topological polar surface area (TPSA) is 91.3 Å². The van der Waals surface area contributed by atoms with Crippen LogP contribution in [0.3, 0.4) is 0 Å². The van der Waals surface area contributed by atoms with Crippen LogP contribution in [0.2, 0.25) is 0 Å². The molecule has 2 aromatic rings. The number of halogens is 3. The highest BCUT2D eigenvalue weighted by Gasteiger charge is 2.31. The van der Waals surface area contributed by atoms with Crippen LogP contribution in [0.4, 0.5) is 18.9 Å². The van der Waals surface area contributed by atoms with Crippen molar-refractivity contribution in [2.75, 3.05) is 38.7 Å². The molecule has 4 atom stereocenters. The maximum Gasteiger partial charge on any atom is 0.389 e. The quantitative estimate of drug-likeness (QED) is 0.363. The van der Waals surface area contributed by atoms with Gasteiger partial charge in [0.25, 0.3) is 5.91 Å². The largest absolute Gasteiger partial charge is 0.490 e. The van der Waals surface area contributed by atoms with Crippen LogP contribution in [0.5, 0.6) is 5.75 Å². The lowest BCUT2D eigenvalue weighted by Crippen LogP contribution is -2.47. The summed E-state index contributed by atoms with van der Waals surface area (Å²) in [6, 6.07) is 14.1. The zero-order valence-corrected chi connectivity index (χ0v) is 26.1. The van der Waals surface area contributed by atoms with Gasteiger partial charge in [0.05, 0.1) is 36.8 Å². The van der Waals surface area contributed by atoms with Gasteiger partial charge >= 0.3 is 6.18 Å². The van der Waals surface area contributed by atoms with Crippen molar-refractivity contribution in [2.24, 2.45) is 5.92 Å². The van der Waals surface area contributed by atoms with E-state index in [1.54, 1.807) is 17.9 Å². The Hall–Kier alpha value is -3.15. The first-order valence-electron chi connectivity index (χ1n) is 15.3. The lowest BCUT2D eigenvalue weighted by molar-refractivity contribution is -0.142. The summed E-state index contributed by atoms with van der Waals surface area (Å²) in [6.45, 7) is 7.62. The third-order valence-corrected chi connectivity index (χ3v) is 7.76. The predicted molar refractivity (Wildman–Crippen MR) is 164 cm³/mol. The SMILES string of the molecule is C[C@@H]1CN([C@@H](C)CO)C(=O)c2cc(NC(=O)CCC(F)(F)F)ccc2O[C@@H](C)CCCCO[C@H]1CN(C)Cc1ccccc1. The monoisotopic (exact) mass is 621 g/mol. The number of alkyl halides is 3. The molecule has 11 heteroatoms. The number of fused-ring (bicyclic) bond motifs is 1. The van der Waals surface area contributed by atoms with E-state index >= 15 is 0 Å². The highest BCUT2D eigenvalue weighted by atomic mass is 19.4. The molecule has 1 aliphatic rings. The van der Waals surface area contributed by atoms with Crippen molar-refractivity contribution in [3.63, 3.8) is 0 Å². The minimum absolute atomic E-state index is 0.109. The molecule has 8 nitrogen and oxygen atoms in total. The van der Waals surface area contributed by atoms with Crippen LogP contribution in [0.15, 0.2) is 48.5 Å². The molecule has 1 aliphatic heterocycles. The Morgan fingerprint density at radius 1 is 1.16 bits per heavy atom. The smallest absolute Gasteiger partial charge is 0.389 e. The molecule has 1 heterocycles. The van der Waals surface area contributed by atoms with E-state index in [1.165, 1.54) is 17.7 Å². The first kappa shape index (κ1) is 35.3. The maximum absolute atomic E-state index is 14.1. The van der Waals surface area contributed by atoms with Crippen LogP contribution >= 0.6 is 0 Å². The van der Waals surface area contributed by atoms with Gasteiger partial charge < -0.3 is 24.8 Å². The molecule has 0 saturated heterocycles. The normalized spacial score (nSPS) is 21.2. The van der Waals surface area contributed by atoms with Crippen molar-refractivity contribution in [3.05, 3.63) is 59.7 Å². The number of benzene rings is 2. The summed E-state index contributed by atoms with van der Waals surface area (Å²) < 4.78 is 50.5. The van der Waals surface area contributed by atoms with Crippen LogP contribution in [0, 0.1) is 5.92 Å². The Bertz CT molecular complexity index is 1200. The molecule has 44 heavy (non-hydrogen) atoms. The molecule has 0 fully saturated rings. The van der Waals surface area contributed by atoms with Crippen molar-refractivity contribution < 1.29 is 37.3 Å². The number of hydrogen-bond acceptors (Lipinski definition) is 6. The Morgan fingerprint density at radius 3 is 2.57 bits per heavy atom. The minimum Gasteiger partial charge on any atom is -0.490 e. The summed E-state index contributed by atoms with van der Waals surface area (Å²) in [5.41, 5.74) is 1.53. The van der Waals surface area contributed by atoms with Gasteiger partial charge in [-0.15, -0.1) is 0 Å². The molecule has 0 radical (unpaired) electrons. The molecule has 2 N–H and O–H groups in total. The van der Waals surface area contributed by atoms with Gasteiger partial charge in [0.2, 0.25) is 5.91 Å². The van der Waals surface area contributed by atoms with E-state index in [9.17, 15) is 27.9 Å². The predicted octanol–water partition coefficient (Wildman–Crippen LogP) is 5.90. The Morgan fingerprint density at radius 2 is 1.89 bits per heavy atom. The van der Waals surface area contributed by atoms with Crippen molar-refractivity contribution in [3.8, 4) is 5.75 Å². The average molecular weight is 622 g/mol. The van der Waals surface area contributed by atoms with Crippen molar-refractivity contribution >= 4 is 17.5 Å². The van der Waals surface area contributed by atoms with E-state index in [2.05, 4.69) is 22.3 Å². The van der Waals surface area contributed by atoms with E-state index in [-0.39, 0.29) is 42.5 Å². The lowest BCUT2D eigenvalue weighted by Gasteiger charge is -2.36. The number of anilines is 1. The molecule has 2 aromatic carbocycles. The summed E-state index contributed by atoms with van der Waals surface area (Å²) in [5, 5.41) is 12.6. The average Bonchev–Trinajstić information content (AvgIpc) is 2.97. The number of aliphatic hydroxyl groups excluding tert-OH is 1. The number of nitrogens with zero attached hydrogens (tertiary/aromatic N) is 2. The van der Waals surface area contributed by atoms with Gasteiger partial charge in [0, 0.05) is 44.3 Å². The fraction of sp³-hybridized carbons (Fsp3) is 0.576. The Balaban J connectivity index is 1.89. The van der Waals surface area contributed by atoms with E-state index < -0.39 is 36.9 Å². The fourth-order valence-corrected chi connectivity index (χ4v) is 5.21. The molecular formula is C33H46F3N3O5. The van der Waals surface area contributed by atoms with Crippen LogP contribution in [-0.2, 0) is 16.1 Å². The van der Waals surface area contributed by atoms with Gasteiger partial charge in [-0.1, -0.05) is 37.3 Å². The van der Waals surface area contributed by atoms with Crippen molar-refractivity contribution in [1.29, 1.82) is 0 Å². The number of nitrogens with one attached hydrogen (secondary N) is 1. The number of hydrogen-bond donors (Lipinski definition) is 2. The number of carbonyl (C=O) groups is 2. The summed E-state index contributed by atoms with van der Waals surface area (Å²) >= 11 is 0. The standard InChI is InChI=1S/C33H46F3N3O5/c1-23-19-39(24(2)22-40)32(42)28-18-27(37-31(41)15-16-33(34,35)36)13-14-29(28)44-25(3)10-8-9-17-43-30(23)21-38(4)20-26-11-6-5-7-12-26/h5-7,11-14,18,23-25,30,40H,8-10,15-17,19-22H2,1-4H3,(H,37,41)/t23-,24+,25+,30+/m1/s1. The van der Waals surface area contributed by atoms with Crippen LogP contribution < -0.4 is 10.1 Å². The maximum atomic E-state index is 14.1.